The van der Waals surface area contributed by atoms with E-state index in [1.807, 2.05) is 23.0 Å². The summed E-state index contributed by atoms with van der Waals surface area (Å²) < 4.78 is 13.2. The van der Waals surface area contributed by atoms with Crippen LogP contribution in [0, 0.1) is 5.92 Å². The molecule has 3 aromatic heterocycles. The third-order valence-corrected chi connectivity index (χ3v) is 6.84. The van der Waals surface area contributed by atoms with Crippen LogP contribution in [0.15, 0.2) is 53.2 Å². The van der Waals surface area contributed by atoms with Gasteiger partial charge in [0.05, 0.1) is 25.5 Å². The lowest BCUT2D eigenvalue weighted by Gasteiger charge is -2.28. The number of aromatic nitrogens is 3. The summed E-state index contributed by atoms with van der Waals surface area (Å²) in [4.78, 5) is 45.0. The number of hydrogen-bond acceptors (Lipinski definition) is 7. The van der Waals surface area contributed by atoms with E-state index in [-0.39, 0.29) is 24.8 Å². The Labute approximate surface area is 217 Å². The minimum Gasteiger partial charge on any atom is -0.497 e. The fourth-order valence-electron chi connectivity index (χ4n) is 5.00. The van der Waals surface area contributed by atoms with Gasteiger partial charge in [0, 0.05) is 36.5 Å². The van der Waals surface area contributed by atoms with Gasteiger partial charge in [-0.15, -0.1) is 0 Å². The number of furan rings is 1. The molecule has 11 heteroatoms. The highest BCUT2D eigenvalue weighted by atomic mass is 16.5. The first-order valence-corrected chi connectivity index (χ1v) is 12.3. The zero-order chi connectivity index (χ0) is 26.6. The van der Waals surface area contributed by atoms with E-state index >= 15 is 0 Å². The molecule has 1 saturated heterocycles. The smallest absolute Gasteiger partial charge is 0.322 e. The molecule has 2 aliphatic heterocycles. The lowest BCUT2D eigenvalue weighted by molar-refractivity contribution is -0.125. The van der Waals surface area contributed by atoms with Gasteiger partial charge in [-0.2, -0.15) is 5.10 Å². The van der Waals surface area contributed by atoms with Crippen molar-refractivity contribution in [2.75, 3.05) is 13.7 Å². The molecule has 38 heavy (non-hydrogen) atoms. The summed E-state index contributed by atoms with van der Waals surface area (Å²) in [6.07, 6.45) is 3.70. The molecule has 1 fully saturated rings. The van der Waals surface area contributed by atoms with Crippen molar-refractivity contribution in [1.29, 1.82) is 0 Å². The van der Waals surface area contributed by atoms with E-state index in [1.54, 1.807) is 30.5 Å². The Balaban J connectivity index is 1.34. The Morgan fingerprint density at radius 2 is 2.00 bits per heavy atom. The van der Waals surface area contributed by atoms with E-state index in [1.165, 1.54) is 12.0 Å². The molecule has 4 aromatic rings. The zero-order valence-electron chi connectivity index (χ0n) is 21.1. The molecule has 0 radical (unpaired) electrons. The second-order valence-electron chi connectivity index (χ2n) is 10.0. The Hall–Kier alpha value is -4.67. The molecular formula is C27H26N6O5. The van der Waals surface area contributed by atoms with E-state index in [0.29, 0.717) is 34.0 Å². The summed E-state index contributed by atoms with van der Waals surface area (Å²) in [5.41, 5.74) is 2.22. The predicted molar refractivity (Wildman–Crippen MR) is 136 cm³/mol. The van der Waals surface area contributed by atoms with Crippen molar-refractivity contribution in [3.63, 3.8) is 0 Å². The Morgan fingerprint density at radius 3 is 2.74 bits per heavy atom. The van der Waals surface area contributed by atoms with Gasteiger partial charge in [-0.3, -0.25) is 19.6 Å². The quantitative estimate of drug-likeness (QED) is 0.362. The van der Waals surface area contributed by atoms with Gasteiger partial charge in [0.15, 0.2) is 11.1 Å². The Morgan fingerprint density at radius 1 is 1.16 bits per heavy atom. The van der Waals surface area contributed by atoms with Crippen LogP contribution in [0.5, 0.6) is 5.75 Å². The van der Waals surface area contributed by atoms with Gasteiger partial charge in [0.2, 0.25) is 0 Å². The van der Waals surface area contributed by atoms with Crippen molar-refractivity contribution in [2.45, 2.75) is 32.5 Å². The number of nitrogens with one attached hydrogen (secondary N) is 2. The van der Waals surface area contributed by atoms with Crippen LogP contribution in [0.3, 0.4) is 0 Å². The van der Waals surface area contributed by atoms with Crippen molar-refractivity contribution in [1.82, 2.24) is 30.3 Å². The van der Waals surface area contributed by atoms with Crippen LogP contribution in [0.4, 0.5) is 4.79 Å². The zero-order valence-corrected chi connectivity index (χ0v) is 21.1. The number of methoxy groups -OCH3 is 1. The van der Waals surface area contributed by atoms with Crippen LogP contribution in [0.1, 0.15) is 35.5 Å². The van der Waals surface area contributed by atoms with E-state index in [4.69, 9.17) is 14.1 Å². The number of benzene rings is 1. The molecule has 4 amide bonds. The van der Waals surface area contributed by atoms with Crippen LogP contribution in [0.25, 0.3) is 22.4 Å². The van der Waals surface area contributed by atoms with E-state index in [2.05, 4.69) is 29.6 Å². The number of urea groups is 1. The van der Waals surface area contributed by atoms with Crippen molar-refractivity contribution in [3.8, 4) is 17.0 Å². The van der Waals surface area contributed by atoms with Crippen LogP contribution in [-0.2, 0) is 23.4 Å². The SMILES string of the molecule is COc1ccc2c(c1)C(=O)N(CC1(c3cc4nc(-c5cnn(CC(C)C)c5)ccc4o3)NC(=O)NC1=O)C2. The molecule has 194 valence electrons. The largest absolute Gasteiger partial charge is 0.497 e. The van der Waals surface area contributed by atoms with Gasteiger partial charge in [-0.25, -0.2) is 9.78 Å². The second-order valence-corrected chi connectivity index (χ2v) is 10.0. The molecule has 2 N–H and O–H groups in total. The van der Waals surface area contributed by atoms with Crippen molar-refractivity contribution < 1.29 is 23.5 Å². The molecule has 0 spiro atoms. The fourth-order valence-corrected chi connectivity index (χ4v) is 5.00. The first-order chi connectivity index (χ1) is 18.3. The summed E-state index contributed by atoms with van der Waals surface area (Å²) in [7, 11) is 1.53. The standard InChI is InChI=1S/C27H26N6O5/c1-15(2)11-33-13-17(10-28-33)20-6-7-22-21(29-20)9-23(38-22)27(25(35)30-26(36)31-27)14-32-12-16-4-5-18(37-3)8-19(16)24(32)34/h4-10,13,15H,11-12,14H2,1-3H3,(H2,30,31,35,36). The first-order valence-electron chi connectivity index (χ1n) is 12.3. The number of fused-ring (bicyclic) bond motifs is 2. The lowest BCUT2D eigenvalue weighted by atomic mass is 9.95. The molecule has 1 atom stereocenters. The number of nitrogens with zero attached hydrogens (tertiary/aromatic N) is 4. The average Bonchev–Trinajstić information content (AvgIpc) is 3.65. The maximum Gasteiger partial charge on any atom is 0.322 e. The highest BCUT2D eigenvalue weighted by Gasteiger charge is 2.53. The topological polar surface area (TPSA) is 132 Å². The summed E-state index contributed by atoms with van der Waals surface area (Å²) in [6.45, 7) is 5.21. The molecular weight excluding hydrogens is 488 g/mol. The third kappa shape index (κ3) is 3.87. The Kier molecular flexibility index (Phi) is 5.44. The normalized spacial score (nSPS) is 18.8. The number of hydrogen-bond donors (Lipinski definition) is 2. The summed E-state index contributed by atoms with van der Waals surface area (Å²) in [6, 6.07) is 9.85. The summed E-state index contributed by atoms with van der Waals surface area (Å²) in [5, 5.41) is 9.41. The van der Waals surface area contributed by atoms with Crippen LogP contribution in [0.2, 0.25) is 0 Å². The number of ether oxygens (including phenoxy) is 1. The van der Waals surface area contributed by atoms with Crippen molar-refractivity contribution >= 4 is 28.9 Å². The monoisotopic (exact) mass is 514 g/mol. The van der Waals surface area contributed by atoms with Crippen LogP contribution >= 0.6 is 0 Å². The number of carbonyl (C=O) groups is 3. The van der Waals surface area contributed by atoms with E-state index in [0.717, 1.165) is 17.7 Å². The van der Waals surface area contributed by atoms with Gasteiger partial charge < -0.3 is 19.4 Å². The number of pyridine rings is 1. The molecule has 0 saturated carbocycles. The van der Waals surface area contributed by atoms with Gasteiger partial charge in [-0.1, -0.05) is 19.9 Å². The molecule has 5 heterocycles. The number of imide groups is 1. The maximum absolute atomic E-state index is 13.2. The molecule has 1 aromatic carbocycles. The fraction of sp³-hybridized carbons (Fsp3) is 0.296. The molecule has 11 nitrogen and oxygen atoms in total. The molecule has 0 bridgehead atoms. The highest BCUT2D eigenvalue weighted by Crippen LogP contribution is 2.35. The van der Waals surface area contributed by atoms with Gasteiger partial charge in [-0.05, 0) is 35.7 Å². The highest BCUT2D eigenvalue weighted by molar-refractivity contribution is 6.08. The molecule has 1 unspecified atom stereocenters. The van der Waals surface area contributed by atoms with Crippen molar-refractivity contribution in [2.24, 2.45) is 5.92 Å². The lowest BCUT2D eigenvalue weighted by Crippen LogP contribution is -2.52. The van der Waals surface area contributed by atoms with Gasteiger partial charge in [0.25, 0.3) is 11.8 Å². The number of carbonyl (C=O) groups excluding carboxylic acids is 3. The first kappa shape index (κ1) is 23.7. The summed E-state index contributed by atoms with van der Waals surface area (Å²) >= 11 is 0. The Bertz CT molecular complexity index is 1600. The maximum atomic E-state index is 13.2. The second kappa shape index (κ2) is 8.72. The van der Waals surface area contributed by atoms with Crippen LogP contribution < -0.4 is 15.4 Å². The molecule has 2 aliphatic rings. The van der Waals surface area contributed by atoms with Gasteiger partial charge in [0.1, 0.15) is 17.0 Å². The predicted octanol–water partition coefficient (Wildman–Crippen LogP) is 3.05. The van der Waals surface area contributed by atoms with Crippen molar-refractivity contribution in [3.05, 3.63) is 65.7 Å². The van der Waals surface area contributed by atoms with Crippen LogP contribution in [-0.4, -0.2) is 51.2 Å². The minimum absolute atomic E-state index is 0.116. The molecule has 6 rings (SSSR count). The number of rotatable bonds is 7. The van der Waals surface area contributed by atoms with Gasteiger partial charge >= 0.3 is 6.03 Å². The minimum atomic E-state index is -1.61. The van der Waals surface area contributed by atoms with E-state index < -0.39 is 17.5 Å². The molecule has 0 aliphatic carbocycles. The summed E-state index contributed by atoms with van der Waals surface area (Å²) in [5.74, 6) is 0.350. The average molecular weight is 515 g/mol. The number of amides is 4. The van der Waals surface area contributed by atoms with E-state index in [9.17, 15) is 14.4 Å². The third-order valence-electron chi connectivity index (χ3n) is 6.84.